The molecule has 0 spiro atoms. The average Bonchev–Trinajstić information content (AvgIpc) is 2.96. The van der Waals surface area contributed by atoms with Gasteiger partial charge < -0.3 is 9.47 Å². The molecule has 0 aromatic heterocycles. The molecule has 0 aliphatic rings. The van der Waals surface area contributed by atoms with Crippen LogP contribution in [0.5, 0.6) is 11.5 Å². The molecule has 0 unspecified atom stereocenters. The highest BCUT2D eigenvalue weighted by molar-refractivity contribution is 6.07. The minimum absolute atomic E-state index is 0.0739. The molecule has 0 N–H and O–H groups in total. The lowest BCUT2D eigenvalue weighted by molar-refractivity contribution is 0.103. The summed E-state index contributed by atoms with van der Waals surface area (Å²) in [7, 11) is 0. The molecule has 0 aliphatic carbocycles. The van der Waals surface area contributed by atoms with E-state index < -0.39 is 0 Å². The van der Waals surface area contributed by atoms with Gasteiger partial charge in [-0.3, -0.25) is 9.59 Å². The number of ether oxygens (including phenoxy) is 2. The van der Waals surface area contributed by atoms with E-state index in [2.05, 4.69) is 0 Å². The molecule has 0 saturated heterocycles. The Kier molecular flexibility index (Phi) is 9.63. The Bertz CT molecular complexity index is 1380. The average molecular weight is 517 g/mol. The Morgan fingerprint density at radius 3 is 1.46 bits per heavy atom. The predicted octanol–water partition coefficient (Wildman–Crippen LogP) is 7.94. The minimum atomic E-state index is -0.0739. The van der Waals surface area contributed by atoms with Gasteiger partial charge in [0.1, 0.15) is 11.5 Å². The summed E-state index contributed by atoms with van der Waals surface area (Å²) in [6.45, 7) is 4.91. The van der Waals surface area contributed by atoms with Crippen molar-refractivity contribution in [2.24, 2.45) is 0 Å². The maximum atomic E-state index is 12.6. The Morgan fingerprint density at radius 1 is 0.590 bits per heavy atom. The second kappa shape index (κ2) is 13.7. The summed E-state index contributed by atoms with van der Waals surface area (Å²) in [4.78, 5) is 25.3. The molecule has 0 atom stereocenters. The highest BCUT2D eigenvalue weighted by atomic mass is 16.5. The van der Waals surface area contributed by atoms with Crippen molar-refractivity contribution in [1.82, 2.24) is 0 Å². The second-order valence-electron chi connectivity index (χ2n) is 9.21. The molecule has 0 saturated carbocycles. The molecule has 0 amide bonds. The van der Waals surface area contributed by atoms with E-state index in [1.54, 1.807) is 36.4 Å². The van der Waals surface area contributed by atoms with Crippen LogP contribution in [-0.4, -0.2) is 24.8 Å². The molecule has 0 aliphatic heterocycles. The summed E-state index contributed by atoms with van der Waals surface area (Å²) in [5.74, 6) is 1.13. The van der Waals surface area contributed by atoms with Crippen molar-refractivity contribution in [3.8, 4) is 11.5 Å². The van der Waals surface area contributed by atoms with Crippen molar-refractivity contribution in [3.63, 3.8) is 0 Å². The number of carbonyl (C=O) groups is 2. The monoisotopic (exact) mass is 516 g/mol. The lowest BCUT2D eigenvalue weighted by Gasteiger charge is -2.09. The quantitative estimate of drug-likeness (QED) is 0.109. The third kappa shape index (κ3) is 8.14. The molecule has 4 aromatic carbocycles. The molecule has 0 heterocycles. The van der Waals surface area contributed by atoms with E-state index in [0.717, 1.165) is 22.3 Å². The van der Waals surface area contributed by atoms with Crippen molar-refractivity contribution in [2.45, 2.75) is 20.3 Å². The summed E-state index contributed by atoms with van der Waals surface area (Å²) in [6, 6.07) is 30.2. The molecule has 196 valence electrons. The Labute approximate surface area is 230 Å². The number of hydrogen-bond donors (Lipinski definition) is 0. The molecular weight excluding hydrogens is 484 g/mol. The van der Waals surface area contributed by atoms with Crippen LogP contribution in [0.3, 0.4) is 0 Å². The number of benzene rings is 4. The van der Waals surface area contributed by atoms with E-state index in [1.807, 2.05) is 98.8 Å². The van der Waals surface area contributed by atoms with Crippen LogP contribution in [0.1, 0.15) is 49.4 Å². The fourth-order valence-electron chi connectivity index (χ4n) is 3.99. The maximum absolute atomic E-state index is 12.6. The van der Waals surface area contributed by atoms with Crippen molar-refractivity contribution >= 4 is 23.7 Å². The molecule has 4 rings (SSSR count). The number of ketones is 2. The van der Waals surface area contributed by atoms with Crippen molar-refractivity contribution in [1.29, 1.82) is 0 Å². The maximum Gasteiger partial charge on any atom is 0.185 e. The lowest BCUT2D eigenvalue weighted by Crippen LogP contribution is -2.06. The van der Waals surface area contributed by atoms with E-state index >= 15 is 0 Å². The third-order valence-electron chi connectivity index (χ3n) is 6.27. The topological polar surface area (TPSA) is 52.6 Å². The fraction of sp³-hybridized carbons (Fsp3) is 0.143. The molecule has 0 bridgehead atoms. The van der Waals surface area contributed by atoms with Crippen LogP contribution < -0.4 is 9.47 Å². The highest BCUT2D eigenvalue weighted by Crippen LogP contribution is 2.18. The van der Waals surface area contributed by atoms with E-state index in [0.29, 0.717) is 42.3 Å². The summed E-state index contributed by atoms with van der Waals surface area (Å²) >= 11 is 0. The Hall–Kier alpha value is -4.70. The molecule has 4 heteroatoms. The standard InChI is InChI=1S/C35H32O4/c1-26-10-3-5-12-28(26)18-20-34(36)30-14-7-16-32(24-30)38-22-9-23-39-33-17-8-15-31(25-33)35(37)21-19-29-13-6-4-11-27(29)2/h3-8,10-21,24-25H,9,22-23H2,1-2H3/b20-18+,21-19+. The fourth-order valence-corrected chi connectivity index (χ4v) is 3.99. The van der Waals surface area contributed by atoms with Crippen LogP contribution >= 0.6 is 0 Å². The summed E-state index contributed by atoms with van der Waals surface area (Å²) < 4.78 is 11.7. The predicted molar refractivity (Wildman–Crippen MR) is 158 cm³/mol. The summed E-state index contributed by atoms with van der Waals surface area (Å²) in [6.07, 6.45) is 7.51. The van der Waals surface area contributed by atoms with Gasteiger partial charge in [-0.25, -0.2) is 0 Å². The molecule has 4 nitrogen and oxygen atoms in total. The van der Waals surface area contributed by atoms with Crippen LogP contribution in [0.25, 0.3) is 12.2 Å². The second-order valence-corrected chi connectivity index (χ2v) is 9.21. The van der Waals surface area contributed by atoms with E-state index in [9.17, 15) is 9.59 Å². The van der Waals surface area contributed by atoms with E-state index in [-0.39, 0.29) is 11.6 Å². The SMILES string of the molecule is Cc1ccccc1/C=C/C(=O)c1cccc(OCCCOc2cccc(C(=O)/C=C/c3ccccc3C)c2)c1. The van der Waals surface area contributed by atoms with E-state index in [1.165, 1.54) is 0 Å². The van der Waals surface area contributed by atoms with Gasteiger partial charge in [-0.05, 0) is 72.5 Å². The highest BCUT2D eigenvalue weighted by Gasteiger charge is 2.06. The number of allylic oxidation sites excluding steroid dienone is 2. The number of rotatable bonds is 12. The Morgan fingerprint density at radius 2 is 1.03 bits per heavy atom. The summed E-state index contributed by atoms with van der Waals surface area (Å²) in [5, 5.41) is 0. The zero-order valence-electron chi connectivity index (χ0n) is 22.3. The molecule has 0 fully saturated rings. The van der Waals surface area contributed by atoms with Gasteiger partial charge in [0.25, 0.3) is 0 Å². The molecule has 4 aromatic rings. The Balaban J connectivity index is 1.24. The van der Waals surface area contributed by atoms with Crippen LogP contribution in [0, 0.1) is 13.8 Å². The van der Waals surface area contributed by atoms with Gasteiger partial charge in [0.15, 0.2) is 11.6 Å². The van der Waals surface area contributed by atoms with E-state index in [4.69, 9.17) is 9.47 Å². The minimum Gasteiger partial charge on any atom is -0.493 e. The first kappa shape index (κ1) is 27.3. The van der Waals surface area contributed by atoms with Crippen LogP contribution in [0.4, 0.5) is 0 Å². The van der Waals surface area contributed by atoms with Crippen molar-refractivity contribution in [2.75, 3.05) is 13.2 Å². The normalized spacial score (nSPS) is 11.1. The van der Waals surface area contributed by atoms with Gasteiger partial charge >= 0.3 is 0 Å². The smallest absolute Gasteiger partial charge is 0.185 e. The van der Waals surface area contributed by atoms with Crippen LogP contribution in [-0.2, 0) is 0 Å². The van der Waals surface area contributed by atoms with Crippen LogP contribution in [0.2, 0.25) is 0 Å². The van der Waals surface area contributed by atoms with Crippen molar-refractivity contribution < 1.29 is 19.1 Å². The van der Waals surface area contributed by atoms with Gasteiger partial charge in [0.2, 0.25) is 0 Å². The van der Waals surface area contributed by atoms with Gasteiger partial charge in [-0.1, -0.05) is 84.9 Å². The summed E-state index contributed by atoms with van der Waals surface area (Å²) in [5.41, 5.74) is 5.43. The van der Waals surface area contributed by atoms with Gasteiger partial charge in [0.05, 0.1) is 13.2 Å². The zero-order valence-corrected chi connectivity index (χ0v) is 22.3. The lowest BCUT2D eigenvalue weighted by atomic mass is 10.1. The third-order valence-corrected chi connectivity index (χ3v) is 6.27. The first-order valence-electron chi connectivity index (χ1n) is 13.0. The molecular formula is C35H32O4. The number of aryl methyl sites for hydroxylation is 2. The first-order valence-corrected chi connectivity index (χ1v) is 13.0. The van der Waals surface area contributed by atoms with Crippen LogP contribution in [0.15, 0.2) is 109 Å². The van der Waals surface area contributed by atoms with Gasteiger partial charge in [0, 0.05) is 17.5 Å². The molecule has 39 heavy (non-hydrogen) atoms. The van der Waals surface area contributed by atoms with Gasteiger partial charge in [-0.2, -0.15) is 0 Å². The first-order chi connectivity index (χ1) is 19.0. The largest absolute Gasteiger partial charge is 0.493 e. The molecule has 0 radical (unpaired) electrons. The number of carbonyl (C=O) groups excluding carboxylic acids is 2. The van der Waals surface area contributed by atoms with Gasteiger partial charge in [-0.15, -0.1) is 0 Å². The zero-order chi connectivity index (χ0) is 27.5. The number of hydrogen-bond acceptors (Lipinski definition) is 4. The van der Waals surface area contributed by atoms with Crippen molar-refractivity contribution in [3.05, 3.63) is 143 Å².